The van der Waals surface area contributed by atoms with Gasteiger partial charge < -0.3 is 10.6 Å². The predicted molar refractivity (Wildman–Crippen MR) is 81.1 cm³/mol. The van der Waals surface area contributed by atoms with Gasteiger partial charge in [-0.1, -0.05) is 23.7 Å². The number of anilines is 1. The molecule has 0 aliphatic carbocycles. The van der Waals surface area contributed by atoms with Crippen molar-refractivity contribution in [2.45, 2.75) is 19.9 Å². The maximum atomic E-state index is 11.9. The maximum Gasteiger partial charge on any atom is 0.319 e. The fourth-order valence-corrected chi connectivity index (χ4v) is 2.78. The SMILES string of the molecule is Cc1cccc(NC(=O)N[C@@H](C)c2ccc(Cl)s2)c1. The van der Waals surface area contributed by atoms with Gasteiger partial charge in [0.2, 0.25) is 0 Å². The van der Waals surface area contributed by atoms with Crippen LogP contribution in [0, 0.1) is 6.92 Å². The lowest BCUT2D eigenvalue weighted by Gasteiger charge is -2.13. The van der Waals surface area contributed by atoms with Crippen LogP contribution in [0.1, 0.15) is 23.4 Å². The minimum atomic E-state index is -0.220. The van der Waals surface area contributed by atoms with Crippen LogP contribution < -0.4 is 10.6 Å². The van der Waals surface area contributed by atoms with Crippen LogP contribution in [0.15, 0.2) is 36.4 Å². The molecule has 1 aromatic heterocycles. The highest BCUT2D eigenvalue weighted by Crippen LogP contribution is 2.26. The van der Waals surface area contributed by atoms with E-state index < -0.39 is 0 Å². The summed E-state index contributed by atoms with van der Waals surface area (Å²) in [6.07, 6.45) is 0. The van der Waals surface area contributed by atoms with Crippen molar-refractivity contribution < 1.29 is 4.79 Å². The monoisotopic (exact) mass is 294 g/mol. The molecule has 2 N–H and O–H groups in total. The lowest BCUT2D eigenvalue weighted by atomic mass is 10.2. The molecule has 1 atom stereocenters. The van der Waals surface area contributed by atoms with Gasteiger partial charge in [-0.3, -0.25) is 0 Å². The van der Waals surface area contributed by atoms with E-state index in [0.717, 1.165) is 20.5 Å². The van der Waals surface area contributed by atoms with Gasteiger partial charge in [0.25, 0.3) is 0 Å². The van der Waals surface area contributed by atoms with Crippen LogP contribution in [0.2, 0.25) is 4.34 Å². The van der Waals surface area contributed by atoms with Gasteiger partial charge in [-0.2, -0.15) is 0 Å². The molecule has 19 heavy (non-hydrogen) atoms. The third kappa shape index (κ3) is 3.98. The Morgan fingerprint density at radius 3 is 2.74 bits per heavy atom. The van der Waals surface area contributed by atoms with Gasteiger partial charge in [-0.05, 0) is 43.7 Å². The number of carbonyl (C=O) groups excluding carboxylic acids is 1. The largest absolute Gasteiger partial charge is 0.331 e. The Bertz CT molecular complexity index is 582. The highest BCUT2D eigenvalue weighted by Gasteiger charge is 2.11. The summed E-state index contributed by atoms with van der Waals surface area (Å²) in [4.78, 5) is 12.9. The van der Waals surface area contributed by atoms with Crippen LogP contribution in [-0.2, 0) is 0 Å². The number of hydrogen-bond acceptors (Lipinski definition) is 2. The van der Waals surface area contributed by atoms with Crippen LogP contribution in [0.3, 0.4) is 0 Å². The zero-order chi connectivity index (χ0) is 13.8. The molecule has 2 aromatic rings. The number of aryl methyl sites for hydroxylation is 1. The second-order valence-electron chi connectivity index (χ2n) is 4.33. The van der Waals surface area contributed by atoms with E-state index in [9.17, 15) is 4.79 Å². The van der Waals surface area contributed by atoms with E-state index >= 15 is 0 Å². The molecule has 1 heterocycles. The smallest absolute Gasteiger partial charge is 0.319 e. The topological polar surface area (TPSA) is 41.1 Å². The maximum absolute atomic E-state index is 11.9. The number of benzene rings is 1. The quantitative estimate of drug-likeness (QED) is 0.854. The summed E-state index contributed by atoms with van der Waals surface area (Å²) in [5, 5.41) is 5.69. The van der Waals surface area contributed by atoms with Crippen molar-refractivity contribution in [2.24, 2.45) is 0 Å². The molecule has 0 radical (unpaired) electrons. The first-order valence-corrected chi connectivity index (χ1v) is 7.13. The number of amides is 2. The van der Waals surface area contributed by atoms with Crippen molar-refractivity contribution in [1.29, 1.82) is 0 Å². The fourth-order valence-electron chi connectivity index (χ4n) is 1.72. The van der Waals surface area contributed by atoms with Gasteiger partial charge in [0.05, 0.1) is 10.4 Å². The molecule has 0 saturated carbocycles. The van der Waals surface area contributed by atoms with E-state index in [1.54, 1.807) is 0 Å². The molecule has 2 rings (SSSR count). The molecular formula is C14H15ClN2OS. The first-order valence-electron chi connectivity index (χ1n) is 5.94. The summed E-state index contributed by atoms with van der Waals surface area (Å²) in [5.74, 6) is 0. The van der Waals surface area contributed by atoms with Crippen LogP contribution in [-0.4, -0.2) is 6.03 Å². The van der Waals surface area contributed by atoms with E-state index in [4.69, 9.17) is 11.6 Å². The second-order valence-corrected chi connectivity index (χ2v) is 6.08. The minimum Gasteiger partial charge on any atom is -0.331 e. The summed E-state index contributed by atoms with van der Waals surface area (Å²) >= 11 is 7.35. The van der Waals surface area contributed by atoms with Crippen molar-refractivity contribution in [1.82, 2.24) is 5.32 Å². The fraction of sp³-hybridized carbons (Fsp3) is 0.214. The molecule has 3 nitrogen and oxygen atoms in total. The molecule has 0 aliphatic rings. The first kappa shape index (κ1) is 13.9. The summed E-state index contributed by atoms with van der Waals surface area (Å²) in [5.41, 5.74) is 1.89. The number of halogens is 1. The van der Waals surface area contributed by atoms with Crippen molar-refractivity contribution in [2.75, 3.05) is 5.32 Å². The molecule has 100 valence electrons. The average molecular weight is 295 g/mol. The zero-order valence-electron chi connectivity index (χ0n) is 10.7. The van der Waals surface area contributed by atoms with Gasteiger partial charge in [0.15, 0.2) is 0 Å². The minimum absolute atomic E-state index is 0.0673. The molecule has 0 fully saturated rings. The second kappa shape index (κ2) is 6.08. The van der Waals surface area contributed by atoms with E-state index in [0.29, 0.717) is 0 Å². The van der Waals surface area contributed by atoms with Gasteiger partial charge in [-0.25, -0.2) is 4.79 Å². The molecule has 5 heteroatoms. The normalized spacial score (nSPS) is 11.9. The number of nitrogens with one attached hydrogen (secondary N) is 2. The number of hydrogen-bond donors (Lipinski definition) is 2. The Morgan fingerprint density at radius 2 is 2.11 bits per heavy atom. The summed E-state index contributed by atoms with van der Waals surface area (Å²) in [6, 6.07) is 11.1. The number of carbonyl (C=O) groups is 1. The Morgan fingerprint density at radius 1 is 1.32 bits per heavy atom. The van der Waals surface area contributed by atoms with Gasteiger partial charge >= 0.3 is 6.03 Å². The lowest BCUT2D eigenvalue weighted by molar-refractivity contribution is 0.249. The molecule has 0 saturated heterocycles. The molecule has 2 amide bonds. The first-order chi connectivity index (χ1) is 9.04. The van der Waals surface area contributed by atoms with E-state index in [2.05, 4.69) is 10.6 Å². The van der Waals surface area contributed by atoms with Crippen LogP contribution in [0.25, 0.3) is 0 Å². The average Bonchev–Trinajstić information content (AvgIpc) is 2.75. The molecule has 0 unspecified atom stereocenters. The van der Waals surface area contributed by atoms with Crippen molar-refractivity contribution >= 4 is 34.7 Å². The Kier molecular flexibility index (Phi) is 4.45. The van der Waals surface area contributed by atoms with Crippen molar-refractivity contribution in [3.8, 4) is 0 Å². The number of thiophene rings is 1. The molecular weight excluding hydrogens is 280 g/mol. The van der Waals surface area contributed by atoms with Crippen molar-refractivity contribution in [3.05, 3.63) is 51.2 Å². The molecule has 1 aromatic carbocycles. The number of urea groups is 1. The van der Waals surface area contributed by atoms with Crippen LogP contribution >= 0.6 is 22.9 Å². The van der Waals surface area contributed by atoms with Crippen LogP contribution in [0.4, 0.5) is 10.5 Å². The Balaban J connectivity index is 1.94. The van der Waals surface area contributed by atoms with E-state index in [1.807, 2.05) is 50.2 Å². The Hall–Kier alpha value is -1.52. The zero-order valence-corrected chi connectivity index (χ0v) is 12.3. The molecule has 0 bridgehead atoms. The highest BCUT2D eigenvalue weighted by molar-refractivity contribution is 7.16. The Labute approximate surface area is 121 Å². The third-order valence-corrected chi connectivity index (χ3v) is 4.06. The summed E-state index contributed by atoms with van der Waals surface area (Å²) in [7, 11) is 0. The molecule has 0 aliphatic heterocycles. The van der Waals surface area contributed by atoms with Gasteiger partial charge in [-0.15, -0.1) is 11.3 Å². The van der Waals surface area contributed by atoms with Crippen LogP contribution in [0.5, 0.6) is 0 Å². The summed E-state index contributed by atoms with van der Waals surface area (Å²) in [6.45, 7) is 3.91. The third-order valence-electron chi connectivity index (χ3n) is 2.64. The molecule has 0 spiro atoms. The van der Waals surface area contributed by atoms with E-state index in [1.165, 1.54) is 11.3 Å². The van der Waals surface area contributed by atoms with E-state index in [-0.39, 0.29) is 12.1 Å². The summed E-state index contributed by atoms with van der Waals surface area (Å²) < 4.78 is 0.725. The predicted octanol–water partition coefficient (Wildman–Crippen LogP) is 4.59. The van der Waals surface area contributed by atoms with Gasteiger partial charge in [0, 0.05) is 10.6 Å². The van der Waals surface area contributed by atoms with Crippen molar-refractivity contribution in [3.63, 3.8) is 0 Å². The highest BCUT2D eigenvalue weighted by atomic mass is 35.5. The number of rotatable bonds is 3. The lowest BCUT2D eigenvalue weighted by Crippen LogP contribution is -2.30. The van der Waals surface area contributed by atoms with Gasteiger partial charge in [0.1, 0.15) is 0 Å². The standard InChI is InChI=1S/C14H15ClN2OS/c1-9-4-3-5-11(8-9)17-14(18)16-10(2)12-6-7-13(15)19-12/h3-8,10H,1-2H3,(H2,16,17,18)/t10-/m0/s1.